The van der Waals surface area contributed by atoms with E-state index in [1.807, 2.05) is 25.1 Å². The van der Waals surface area contributed by atoms with E-state index in [1.165, 1.54) is 23.5 Å². The van der Waals surface area contributed by atoms with E-state index in [0.29, 0.717) is 11.7 Å². The van der Waals surface area contributed by atoms with Crippen LogP contribution in [-0.2, 0) is 4.79 Å². The van der Waals surface area contributed by atoms with Crippen LogP contribution in [0.15, 0.2) is 41.3 Å². The maximum absolute atomic E-state index is 12.3. The number of nitrogens with zero attached hydrogens (tertiary/aromatic N) is 2. The number of carbonyl (C=O) groups excluding carboxylic acids is 2. The average molecular weight is 432 g/mol. The molecule has 0 aliphatic carbocycles. The third-order valence-electron chi connectivity index (χ3n) is 3.72. The summed E-state index contributed by atoms with van der Waals surface area (Å²) < 4.78 is 6.32. The van der Waals surface area contributed by atoms with Crippen LogP contribution >= 0.6 is 23.1 Å². The van der Waals surface area contributed by atoms with Gasteiger partial charge in [-0.05, 0) is 37.3 Å². The molecule has 2 aromatic carbocycles. The summed E-state index contributed by atoms with van der Waals surface area (Å²) in [5.41, 5.74) is 5.65. The molecule has 0 aliphatic heterocycles. The van der Waals surface area contributed by atoms with Crippen LogP contribution in [0.2, 0.25) is 0 Å². The molecule has 0 unspecified atom stereocenters. The molecule has 0 atom stereocenters. The number of fused-ring (bicyclic) bond motifs is 1. The third-order valence-corrected chi connectivity index (χ3v) is 5.71. The number of hydrogen-bond acceptors (Lipinski definition) is 8. The van der Waals surface area contributed by atoms with Gasteiger partial charge in [0.2, 0.25) is 11.8 Å². The lowest BCUT2D eigenvalue weighted by Crippen LogP contribution is -2.14. The maximum atomic E-state index is 12.3. The summed E-state index contributed by atoms with van der Waals surface area (Å²) in [6, 6.07) is 9.37. The monoisotopic (exact) mass is 432 g/mol. The molecule has 3 N–H and O–H groups in total. The van der Waals surface area contributed by atoms with Gasteiger partial charge in [0.1, 0.15) is 5.75 Å². The number of nitrogens with two attached hydrogens (primary N) is 1. The Bertz CT molecular complexity index is 1100. The number of carbonyl (C=O) groups is 2. The number of amides is 2. The standard InChI is InChI=1S/C18H16N4O5S2/c1-2-27-11-4-5-12-15(8-11)29-18(20-12)21-16(23)9-28-14-6-3-10(17(19)24)7-13(14)22(25)26/h3-8H,2,9H2,1H3,(H2,19,24)(H,20,21,23). The first-order valence-electron chi connectivity index (χ1n) is 8.41. The molecular formula is C18H16N4O5S2. The van der Waals surface area contributed by atoms with E-state index < -0.39 is 10.8 Å². The van der Waals surface area contributed by atoms with E-state index in [-0.39, 0.29) is 27.8 Å². The highest BCUT2D eigenvalue weighted by Gasteiger charge is 2.18. The number of thiazole rings is 1. The van der Waals surface area contributed by atoms with Crippen LogP contribution in [0.25, 0.3) is 10.2 Å². The minimum atomic E-state index is -0.759. The van der Waals surface area contributed by atoms with Gasteiger partial charge in [-0.1, -0.05) is 11.3 Å². The van der Waals surface area contributed by atoms with Crippen LogP contribution in [0, 0.1) is 10.1 Å². The van der Waals surface area contributed by atoms with Crippen molar-refractivity contribution in [2.24, 2.45) is 5.73 Å². The molecule has 11 heteroatoms. The van der Waals surface area contributed by atoms with Gasteiger partial charge in [0.15, 0.2) is 5.13 Å². The molecule has 3 rings (SSSR count). The number of anilines is 1. The second kappa shape index (κ2) is 8.88. The van der Waals surface area contributed by atoms with Gasteiger partial charge in [0.05, 0.1) is 32.4 Å². The summed E-state index contributed by atoms with van der Waals surface area (Å²) in [5, 5.41) is 14.3. The summed E-state index contributed by atoms with van der Waals surface area (Å²) >= 11 is 2.30. The second-order valence-electron chi connectivity index (χ2n) is 5.72. The molecule has 0 bridgehead atoms. The molecule has 2 amide bonds. The minimum Gasteiger partial charge on any atom is -0.494 e. The largest absolute Gasteiger partial charge is 0.494 e. The number of primary amides is 1. The zero-order valence-electron chi connectivity index (χ0n) is 15.2. The summed E-state index contributed by atoms with van der Waals surface area (Å²) in [6.45, 7) is 2.45. The fraction of sp³-hybridized carbons (Fsp3) is 0.167. The summed E-state index contributed by atoms with van der Waals surface area (Å²) in [6.07, 6.45) is 0. The van der Waals surface area contributed by atoms with Gasteiger partial charge < -0.3 is 15.8 Å². The van der Waals surface area contributed by atoms with E-state index in [4.69, 9.17) is 10.5 Å². The Morgan fingerprint density at radius 1 is 1.31 bits per heavy atom. The number of nitro benzene ring substituents is 1. The number of benzene rings is 2. The Morgan fingerprint density at radius 2 is 2.10 bits per heavy atom. The van der Waals surface area contributed by atoms with Crippen LogP contribution in [-0.4, -0.2) is 34.1 Å². The lowest BCUT2D eigenvalue weighted by atomic mass is 10.2. The molecule has 3 aromatic rings. The smallest absolute Gasteiger partial charge is 0.283 e. The summed E-state index contributed by atoms with van der Waals surface area (Å²) in [4.78, 5) is 38.7. The lowest BCUT2D eigenvalue weighted by Gasteiger charge is -2.04. The van der Waals surface area contributed by atoms with Gasteiger partial charge in [-0.3, -0.25) is 19.7 Å². The Labute approximate surface area is 173 Å². The van der Waals surface area contributed by atoms with Crippen LogP contribution in [0.5, 0.6) is 5.75 Å². The lowest BCUT2D eigenvalue weighted by molar-refractivity contribution is -0.387. The Kier molecular flexibility index (Phi) is 6.29. The molecule has 0 fully saturated rings. The number of rotatable bonds is 8. The van der Waals surface area contributed by atoms with Crippen molar-refractivity contribution in [2.75, 3.05) is 17.7 Å². The molecule has 0 aliphatic rings. The molecular weight excluding hydrogens is 416 g/mol. The van der Waals surface area contributed by atoms with Crippen molar-refractivity contribution in [3.8, 4) is 5.75 Å². The van der Waals surface area contributed by atoms with Gasteiger partial charge >= 0.3 is 0 Å². The van der Waals surface area contributed by atoms with Crippen molar-refractivity contribution < 1.29 is 19.2 Å². The predicted octanol–water partition coefficient (Wildman–Crippen LogP) is 3.43. The van der Waals surface area contributed by atoms with Crippen LogP contribution in [0.4, 0.5) is 10.8 Å². The normalized spacial score (nSPS) is 10.7. The number of hydrogen-bond donors (Lipinski definition) is 2. The molecule has 1 heterocycles. The van der Waals surface area contributed by atoms with Crippen molar-refractivity contribution >= 4 is 55.9 Å². The topological polar surface area (TPSA) is 137 Å². The number of nitro groups is 1. The zero-order chi connectivity index (χ0) is 21.0. The third kappa shape index (κ3) is 5.00. The fourth-order valence-corrected chi connectivity index (χ4v) is 4.16. The summed E-state index contributed by atoms with van der Waals surface area (Å²) in [5.74, 6) is -0.446. The SMILES string of the molecule is CCOc1ccc2nc(NC(=O)CSc3ccc(C(N)=O)cc3[N+](=O)[O-])sc2c1. The van der Waals surface area contributed by atoms with Gasteiger partial charge in [0.25, 0.3) is 5.69 Å². The van der Waals surface area contributed by atoms with Crippen molar-refractivity contribution in [1.82, 2.24) is 4.98 Å². The molecule has 0 saturated carbocycles. The highest BCUT2D eigenvalue weighted by molar-refractivity contribution is 8.00. The number of thioether (sulfide) groups is 1. The number of nitrogens with one attached hydrogen (secondary N) is 1. The van der Waals surface area contributed by atoms with E-state index >= 15 is 0 Å². The van der Waals surface area contributed by atoms with Crippen molar-refractivity contribution in [2.45, 2.75) is 11.8 Å². The van der Waals surface area contributed by atoms with E-state index in [1.54, 1.807) is 0 Å². The van der Waals surface area contributed by atoms with Crippen molar-refractivity contribution in [3.63, 3.8) is 0 Å². The maximum Gasteiger partial charge on any atom is 0.283 e. The molecule has 29 heavy (non-hydrogen) atoms. The fourth-order valence-electron chi connectivity index (χ4n) is 2.45. The van der Waals surface area contributed by atoms with Crippen LogP contribution in [0.1, 0.15) is 17.3 Å². The highest BCUT2D eigenvalue weighted by atomic mass is 32.2. The van der Waals surface area contributed by atoms with E-state index in [9.17, 15) is 19.7 Å². The average Bonchev–Trinajstić information content (AvgIpc) is 3.07. The summed E-state index contributed by atoms with van der Waals surface area (Å²) in [7, 11) is 0. The zero-order valence-corrected chi connectivity index (χ0v) is 16.8. The number of ether oxygens (including phenoxy) is 1. The Balaban J connectivity index is 1.68. The first kappa shape index (κ1) is 20.6. The minimum absolute atomic E-state index is 0.0337. The molecule has 0 saturated heterocycles. The Morgan fingerprint density at radius 3 is 2.79 bits per heavy atom. The van der Waals surface area contributed by atoms with Crippen molar-refractivity contribution in [3.05, 3.63) is 52.1 Å². The highest BCUT2D eigenvalue weighted by Crippen LogP contribution is 2.31. The first-order valence-corrected chi connectivity index (χ1v) is 10.2. The van der Waals surface area contributed by atoms with Gasteiger partial charge in [-0.2, -0.15) is 0 Å². The molecule has 9 nitrogen and oxygen atoms in total. The van der Waals surface area contributed by atoms with Gasteiger partial charge in [-0.25, -0.2) is 4.98 Å². The molecule has 150 valence electrons. The van der Waals surface area contributed by atoms with Crippen LogP contribution < -0.4 is 15.8 Å². The van der Waals surface area contributed by atoms with Crippen molar-refractivity contribution in [1.29, 1.82) is 0 Å². The molecule has 0 radical (unpaired) electrons. The second-order valence-corrected chi connectivity index (χ2v) is 7.77. The first-order chi connectivity index (χ1) is 13.9. The molecule has 1 aromatic heterocycles. The van der Waals surface area contributed by atoms with E-state index in [0.717, 1.165) is 33.8 Å². The Hall–Kier alpha value is -3.18. The quantitative estimate of drug-likeness (QED) is 0.316. The van der Waals surface area contributed by atoms with Gasteiger partial charge in [-0.15, -0.1) is 11.8 Å². The van der Waals surface area contributed by atoms with Gasteiger partial charge in [0, 0.05) is 11.6 Å². The number of aromatic nitrogens is 1. The molecule has 0 spiro atoms. The predicted molar refractivity (Wildman–Crippen MR) is 112 cm³/mol. The van der Waals surface area contributed by atoms with Crippen LogP contribution in [0.3, 0.4) is 0 Å². The van der Waals surface area contributed by atoms with E-state index in [2.05, 4.69) is 10.3 Å².